The minimum absolute atomic E-state index is 0.00469. The van der Waals surface area contributed by atoms with Crippen molar-refractivity contribution in [1.82, 2.24) is 19.8 Å². The summed E-state index contributed by atoms with van der Waals surface area (Å²) in [6.45, 7) is 12.0. The summed E-state index contributed by atoms with van der Waals surface area (Å²) in [6.07, 6.45) is 0. The van der Waals surface area contributed by atoms with Crippen molar-refractivity contribution in [3.8, 4) is 0 Å². The molecule has 142 valence electrons. The van der Waals surface area contributed by atoms with E-state index in [2.05, 4.69) is 46.0 Å². The Balaban J connectivity index is 1.39. The van der Waals surface area contributed by atoms with Gasteiger partial charge in [-0.25, -0.2) is 4.98 Å². The maximum absolute atomic E-state index is 12.4. The summed E-state index contributed by atoms with van der Waals surface area (Å²) in [5.74, 6) is 0.779. The van der Waals surface area contributed by atoms with Crippen molar-refractivity contribution < 1.29 is 0 Å². The number of H-pyrrole nitrogens is 1. The van der Waals surface area contributed by atoms with Gasteiger partial charge in [-0.1, -0.05) is 29.8 Å². The van der Waals surface area contributed by atoms with Gasteiger partial charge in [0.25, 0.3) is 5.56 Å². The van der Waals surface area contributed by atoms with E-state index in [1.807, 2.05) is 13.8 Å². The van der Waals surface area contributed by atoms with Gasteiger partial charge in [-0.15, -0.1) is 11.3 Å². The second-order valence-corrected chi connectivity index (χ2v) is 8.72. The molecule has 4 rings (SSSR count). The minimum atomic E-state index is -0.00469. The molecule has 0 saturated carbocycles. The van der Waals surface area contributed by atoms with Crippen LogP contribution in [0.2, 0.25) is 0 Å². The van der Waals surface area contributed by atoms with Crippen molar-refractivity contribution in [2.45, 2.75) is 33.9 Å². The van der Waals surface area contributed by atoms with E-state index in [1.54, 1.807) is 11.3 Å². The van der Waals surface area contributed by atoms with Crippen molar-refractivity contribution in [2.24, 2.45) is 0 Å². The number of aromatic amines is 1. The highest BCUT2D eigenvalue weighted by Gasteiger charge is 2.19. The van der Waals surface area contributed by atoms with Crippen LogP contribution in [0, 0.1) is 20.8 Å². The lowest BCUT2D eigenvalue weighted by Crippen LogP contribution is -2.45. The van der Waals surface area contributed by atoms with Gasteiger partial charge in [0.1, 0.15) is 10.7 Å². The molecule has 1 aliphatic rings. The maximum atomic E-state index is 12.4. The van der Waals surface area contributed by atoms with Crippen molar-refractivity contribution in [2.75, 3.05) is 26.2 Å². The van der Waals surface area contributed by atoms with E-state index in [-0.39, 0.29) is 5.56 Å². The molecule has 1 saturated heterocycles. The van der Waals surface area contributed by atoms with Crippen LogP contribution in [0.25, 0.3) is 10.2 Å². The number of nitrogens with zero attached hydrogens (tertiary/aromatic N) is 3. The zero-order valence-corrected chi connectivity index (χ0v) is 17.0. The molecule has 0 amide bonds. The minimum Gasteiger partial charge on any atom is -0.309 e. The Morgan fingerprint density at radius 1 is 1.07 bits per heavy atom. The molecule has 0 aliphatic carbocycles. The van der Waals surface area contributed by atoms with Gasteiger partial charge in [-0.05, 0) is 31.9 Å². The molecule has 0 unspecified atom stereocenters. The lowest BCUT2D eigenvalue weighted by Gasteiger charge is -2.34. The number of aromatic nitrogens is 2. The van der Waals surface area contributed by atoms with Crippen LogP contribution in [0.4, 0.5) is 0 Å². The third-order valence-corrected chi connectivity index (χ3v) is 6.52. The molecule has 27 heavy (non-hydrogen) atoms. The number of rotatable bonds is 4. The average Bonchev–Trinajstić information content (AvgIpc) is 2.91. The Labute approximate surface area is 163 Å². The number of piperazine rings is 1. The Kier molecular flexibility index (Phi) is 5.12. The lowest BCUT2D eigenvalue weighted by molar-refractivity contribution is 0.120. The summed E-state index contributed by atoms with van der Waals surface area (Å²) in [5, 5.41) is 0.754. The van der Waals surface area contributed by atoms with Gasteiger partial charge >= 0.3 is 0 Å². The van der Waals surface area contributed by atoms with Crippen LogP contribution >= 0.6 is 11.3 Å². The molecule has 2 aromatic heterocycles. The molecule has 6 heteroatoms. The van der Waals surface area contributed by atoms with Gasteiger partial charge in [-0.3, -0.25) is 14.6 Å². The zero-order chi connectivity index (χ0) is 19.0. The lowest BCUT2D eigenvalue weighted by atomic mass is 10.1. The van der Waals surface area contributed by atoms with Gasteiger partial charge in [0.05, 0.1) is 11.9 Å². The van der Waals surface area contributed by atoms with Gasteiger partial charge in [0.2, 0.25) is 0 Å². The van der Waals surface area contributed by atoms with E-state index in [1.165, 1.54) is 16.0 Å². The summed E-state index contributed by atoms with van der Waals surface area (Å²) in [5.41, 5.74) is 3.74. The number of fused-ring (bicyclic) bond motifs is 1. The summed E-state index contributed by atoms with van der Waals surface area (Å²) in [6, 6.07) is 8.74. The third kappa shape index (κ3) is 3.98. The fourth-order valence-corrected chi connectivity index (χ4v) is 4.81. The van der Waals surface area contributed by atoms with Crippen LogP contribution in [-0.2, 0) is 13.1 Å². The second kappa shape index (κ2) is 7.54. The molecular formula is C21H26N4OS. The Morgan fingerprint density at radius 3 is 2.48 bits per heavy atom. The highest BCUT2D eigenvalue weighted by Crippen LogP contribution is 2.25. The fourth-order valence-electron chi connectivity index (χ4n) is 3.76. The van der Waals surface area contributed by atoms with Crippen molar-refractivity contribution in [3.05, 3.63) is 62.0 Å². The fraction of sp³-hybridized carbons (Fsp3) is 0.429. The Hall–Kier alpha value is -2.02. The molecule has 1 aromatic carbocycles. The van der Waals surface area contributed by atoms with Crippen LogP contribution in [0.15, 0.2) is 29.1 Å². The average molecular weight is 383 g/mol. The number of benzene rings is 1. The highest BCUT2D eigenvalue weighted by molar-refractivity contribution is 7.18. The van der Waals surface area contributed by atoms with E-state index >= 15 is 0 Å². The summed E-state index contributed by atoms with van der Waals surface area (Å²) < 4.78 is 0. The monoisotopic (exact) mass is 382 g/mol. The van der Waals surface area contributed by atoms with Crippen molar-refractivity contribution >= 4 is 21.6 Å². The Bertz CT molecular complexity index is 1010. The van der Waals surface area contributed by atoms with Gasteiger partial charge in [0, 0.05) is 37.6 Å². The number of aryl methyl sites for hydroxylation is 3. The standard InChI is InChI=1S/C21H26N4OS/c1-14-5-4-6-17(11-14)12-24-7-9-25(10-8-24)13-18-22-20(26)19-15(2)16(3)27-21(19)23-18/h4-6,11H,7-10,12-13H2,1-3H3,(H,22,23,26). The second-order valence-electron chi connectivity index (χ2n) is 7.52. The summed E-state index contributed by atoms with van der Waals surface area (Å²) in [7, 11) is 0. The molecule has 3 aromatic rings. The third-order valence-electron chi connectivity index (χ3n) is 5.42. The first kappa shape index (κ1) is 18.3. The number of nitrogens with one attached hydrogen (secondary N) is 1. The van der Waals surface area contributed by atoms with Crippen molar-refractivity contribution in [3.63, 3.8) is 0 Å². The van der Waals surface area contributed by atoms with E-state index < -0.39 is 0 Å². The van der Waals surface area contributed by atoms with Gasteiger partial charge < -0.3 is 4.98 Å². The van der Waals surface area contributed by atoms with Gasteiger partial charge in [0.15, 0.2) is 0 Å². The largest absolute Gasteiger partial charge is 0.309 e. The zero-order valence-electron chi connectivity index (χ0n) is 16.2. The summed E-state index contributed by atoms with van der Waals surface area (Å²) >= 11 is 1.61. The quantitative estimate of drug-likeness (QED) is 0.753. The number of thiophene rings is 1. The van der Waals surface area contributed by atoms with Crippen LogP contribution in [-0.4, -0.2) is 45.9 Å². The molecule has 5 nitrogen and oxygen atoms in total. The van der Waals surface area contributed by atoms with E-state index in [0.29, 0.717) is 6.54 Å². The highest BCUT2D eigenvalue weighted by atomic mass is 32.1. The smallest absolute Gasteiger partial charge is 0.259 e. The van der Waals surface area contributed by atoms with E-state index in [4.69, 9.17) is 4.98 Å². The summed E-state index contributed by atoms with van der Waals surface area (Å²) in [4.78, 5) is 27.1. The van der Waals surface area contributed by atoms with E-state index in [9.17, 15) is 4.79 Å². The molecule has 0 spiro atoms. The SMILES string of the molecule is Cc1cccc(CN2CCN(Cc3nc4sc(C)c(C)c4c(=O)[nH]3)CC2)c1. The topological polar surface area (TPSA) is 52.2 Å². The molecule has 3 heterocycles. The van der Waals surface area contributed by atoms with Crippen LogP contribution < -0.4 is 5.56 Å². The molecule has 0 bridgehead atoms. The Morgan fingerprint density at radius 2 is 1.78 bits per heavy atom. The van der Waals surface area contributed by atoms with Crippen LogP contribution in [0.3, 0.4) is 0 Å². The van der Waals surface area contributed by atoms with Crippen LogP contribution in [0.1, 0.15) is 27.4 Å². The normalized spacial score (nSPS) is 16.3. The molecular weight excluding hydrogens is 356 g/mol. The molecule has 1 fully saturated rings. The molecule has 1 N–H and O–H groups in total. The van der Waals surface area contributed by atoms with Crippen molar-refractivity contribution in [1.29, 1.82) is 0 Å². The predicted molar refractivity (Wildman–Crippen MR) is 111 cm³/mol. The molecule has 0 radical (unpaired) electrons. The van der Waals surface area contributed by atoms with E-state index in [0.717, 1.165) is 54.3 Å². The number of hydrogen-bond donors (Lipinski definition) is 1. The number of hydrogen-bond acceptors (Lipinski definition) is 5. The maximum Gasteiger partial charge on any atom is 0.259 e. The van der Waals surface area contributed by atoms with Gasteiger partial charge in [-0.2, -0.15) is 0 Å². The predicted octanol–water partition coefficient (Wildman–Crippen LogP) is 3.23. The first-order chi connectivity index (χ1) is 13.0. The first-order valence-electron chi connectivity index (χ1n) is 9.49. The first-order valence-corrected chi connectivity index (χ1v) is 10.3. The molecule has 1 aliphatic heterocycles. The van der Waals surface area contributed by atoms with Crippen LogP contribution in [0.5, 0.6) is 0 Å². The molecule has 0 atom stereocenters.